The molecule has 2 amide bonds. The van der Waals surface area contributed by atoms with Crippen molar-refractivity contribution in [3.8, 4) is 11.4 Å². The van der Waals surface area contributed by atoms with Gasteiger partial charge in [-0.2, -0.15) is 15.0 Å². The van der Waals surface area contributed by atoms with Gasteiger partial charge >= 0.3 is 6.03 Å². The number of rotatable bonds is 8. The number of hydrogen-bond donors (Lipinski definition) is 4. The topological polar surface area (TPSA) is 139 Å². The molecule has 1 aromatic heterocycles. The van der Waals surface area contributed by atoms with E-state index in [1.54, 1.807) is 0 Å². The van der Waals surface area contributed by atoms with Gasteiger partial charge in [-0.3, -0.25) is 0 Å². The fraction of sp³-hybridized carbons (Fsp3) is 0.529. The predicted molar refractivity (Wildman–Crippen MR) is 177 cm³/mol. The number of fused-ring (bicyclic) bond motifs is 3. The molecule has 6 heterocycles. The first-order valence-electron chi connectivity index (χ1n) is 16.6. The van der Waals surface area contributed by atoms with Crippen molar-refractivity contribution in [2.75, 3.05) is 73.0 Å². The van der Waals surface area contributed by atoms with Crippen LogP contribution in [0.3, 0.4) is 0 Å². The summed E-state index contributed by atoms with van der Waals surface area (Å²) in [6.07, 6.45) is 5.12. The summed E-state index contributed by atoms with van der Waals surface area (Å²) < 4.78 is 5.64. The van der Waals surface area contributed by atoms with Crippen molar-refractivity contribution in [2.45, 2.75) is 62.6 Å². The number of anilines is 4. The van der Waals surface area contributed by atoms with Crippen LogP contribution in [0, 0.1) is 0 Å². The monoisotopic (exact) mass is 628 g/mol. The minimum atomic E-state index is -0.310. The predicted octanol–water partition coefficient (Wildman–Crippen LogP) is 3.47. The van der Waals surface area contributed by atoms with E-state index in [1.807, 2.05) is 41.3 Å². The molecule has 1 unspecified atom stereocenters. The molecule has 2 bridgehead atoms. The van der Waals surface area contributed by atoms with E-state index < -0.39 is 0 Å². The summed E-state index contributed by atoms with van der Waals surface area (Å²) in [7, 11) is 0. The maximum Gasteiger partial charge on any atom is 0.323 e. The van der Waals surface area contributed by atoms with Gasteiger partial charge in [-0.05, 0) is 106 Å². The normalized spacial score (nSPS) is 27.5. The molecular weight excluding hydrogens is 584 g/mol. The third-order valence-electron chi connectivity index (χ3n) is 10.4. The minimum absolute atomic E-state index is 0.0486. The van der Waals surface area contributed by atoms with Crippen LogP contribution in [-0.4, -0.2) is 107 Å². The smallest absolute Gasteiger partial charge is 0.323 e. The zero-order valence-electron chi connectivity index (χ0n) is 26.4. The standard InChI is InChI=1S/C34H44N8O4/c1-23-22-46-19-18-41(23)31-37-30(38-32(39-31)42-28(20-43)10-11-29(42)21-44)24-2-6-26(7-3-24)35-33(45)36-27-8-4-25(5-9-27)34-12-15-40(16-13-34)17-14-34/h2-9,23,28-29,43-44H,10-22H2,1H3,(H2,35,36,45)/t23?,28-,29+. The van der Waals surface area contributed by atoms with E-state index in [1.165, 1.54) is 44.5 Å². The Hall–Kier alpha value is -3.84. The number of aromatic nitrogens is 3. The maximum atomic E-state index is 12.9. The van der Waals surface area contributed by atoms with Gasteiger partial charge in [-0.15, -0.1) is 0 Å². The Morgan fingerprint density at radius 3 is 2.02 bits per heavy atom. The summed E-state index contributed by atoms with van der Waals surface area (Å²) in [6.45, 7) is 7.31. The molecule has 3 atom stereocenters. The highest BCUT2D eigenvalue weighted by molar-refractivity contribution is 5.99. The Labute approximate surface area is 269 Å². The van der Waals surface area contributed by atoms with Crippen molar-refractivity contribution in [1.82, 2.24) is 19.9 Å². The summed E-state index contributed by atoms with van der Waals surface area (Å²) in [6, 6.07) is 15.2. The van der Waals surface area contributed by atoms with Crippen LogP contribution in [0.2, 0.25) is 0 Å². The SMILES string of the molecule is CC1COCCN1c1nc(-c2ccc(NC(=O)Nc3ccc(C45CCN(CC4)CC5)cc3)cc2)nc(N2[C@H](CO)CC[C@@H]2CO)n1. The number of urea groups is 1. The van der Waals surface area contributed by atoms with Crippen LogP contribution >= 0.6 is 0 Å². The fourth-order valence-electron chi connectivity index (χ4n) is 7.56. The number of hydrogen-bond acceptors (Lipinski definition) is 10. The number of amides is 2. The molecule has 8 rings (SSSR count). The van der Waals surface area contributed by atoms with Crippen molar-refractivity contribution >= 4 is 29.3 Å². The minimum Gasteiger partial charge on any atom is -0.394 e. The van der Waals surface area contributed by atoms with E-state index in [0.717, 1.165) is 24.1 Å². The van der Waals surface area contributed by atoms with E-state index >= 15 is 0 Å². The van der Waals surface area contributed by atoms with Gasteiger partial charge in [0.1, 0.15) is 0 Å². The first-order chi connectivity index (χ1) is 22.4. The number of carbonyl (C=O) groups is 1. The third-order valence-corrected chi connectivity index (χ3v) is 10.4. The molecule has 0 spiro atoms. The highest BCUT2D eigenvalue weighted by Crippen LogP contribution is 2.43. The zero-order valence-corrected chi connectivity index (χ0v) is 26.4. The van der Waals surface area contributed by atoms with E-state index in [-0.39, 0.29) is 42.8 Å². The molecular formula is C34H44N8O4. The van der Waals surface area contributed by atoms with Gasteiger partial charge in [0.05, 0.1) is 44.6 Å². The number of nitrogens with one attached hydrogen (secondary N) is 2. The lowest BCUT2D eigenvalue weighted by molar-refractivity contribution is 0.0818. The maximum absolute atomic E-state index is 12.9. The number of nitrogens with zero attached hydrogens (tertiary/aromatic N) is 6. The molecule has 12 nitrogen and oxygen atoms in total. The molecule has 0 saturated carbocycles. The highest BCUT2D eigenvalue weighted by atomic mass is 16.5. The van der Waals surface area contributed by atoms with Gasteiger partial charge < -0.3 is 40.3 Å². The van der Waals surface area contributed by atoms with Crippen molar-refractivity contribution < 1.29 is 19.7 Å². The molecule has 12 heteroatoms. The van der Waals surface area contributed by atoms with Gasteiger partial charge in [0.15, 0.2) is 5.82 Å². The van der Waals surface area contributed by atoms with Gasteiger partial charge in [0, 0.05) is 23.5 Å². The van der Waals surface area contributed by atoms with Gasteiger partial charge in [-0.25, -0.2) is 4.79 Å². The van der Waals surface area contributed by atoms with Crippen LogP contribution in [-0.2, 0) is 10.2 Å². The molecule has 46 heavy (non-hydrogen) atoms. The quantitative estimate of drug-likeness (QED) is 0.293. The Morgan fingerprint density at radius 1 is 0.848 bits per heavy atom. The highest BCUT2D eigenvalue weighted by Gasteiger charge is 2.40. The van der Waals surface area contributed by atoms with E-state index in [0.29, 0.717) is 43.2 Å². The summed E-state index contributed by atoms with van der Waals surface area (Å²) >= 11 is 0. The molecule has 5 fully saturated rings. The Bertz CT molecular complexity index is 1490. The molecule has 5 aliphatic rings. The van der Waals surface area contributed by atoms with Crippen LogP contribution in [0.5, 0.6) is 0 Å². The first kappa shape index (κ1) is 30.8. The number of aliphatic hydroxyl groups excluding tert-OH is 2. The summed E-state index contributed by atoms with van der Waals surface area (Å²) in [5.41, 5.74) is 3.83. The fourth-order valence-corrected chi connectivity index (χ4v) is 7.56. The number of carbonyl (C=O) groups excluding carboxylic acids is 1. The summed E-state index contributed by atoms with van der Waals surface area (Å²) in [5, 5.41) is 26.0. The Kier molecular flexibility index (Phi) is 8.78. The molecule has 244 valence electrons. The number of aliphatic hydroxyl groups is 2. The first-order valence-corrected chi connectivity index (χ1v) is 16.6. The van der Waals surface area contributed by atoms with Gasteiger partial charge in [0.2, 0.25) is 11.9 Å². The average Bonchev–Trinajstić information content (AvgIpc) is 3.53. The van der Waals surface area contributed by atoms with Crippen LogP contribution in [0.15, 0.2) is 48.5 Å². The molecule has 5 aliphatic heterocycles. The summed E-state index contributed by atoms with van der Waals surface area (Å²) in [5.74, 6) is 1.46. The van der Waals surface area contributed by atoms with E-state index in [4.69, 9.17) is 19.7 Å². The number of piperidine rings is 3. The lowest BCUT2D eigenvalue weighted by Crippen LogP contribution is -2.50. The zero-order chi connectivity index (χ0) is 31.7. The molecule has 2 aromatic carbocycles. The van der Waals surface area contributed by atoms with Crippen LogP contribution in [0.4, 0.5) is 28.1 Å². The Morgan fingerprint density at radius 2 is 1.43 bits per heavy atom. The van der Waals surface area contributed by atoms with Crippen LogP contribution in [0.25, 0.3) is 11.4 Å². The molecule has 0 aliphatic carbocycles. The van der Waals surface area contributed by atoms with Gasteiger partial charge in [0.25, 0.3) is 0 Å². The van der Waals surface area contributed by atoms with Crippen LogP contribution in [0.1, 0.15) is 44.6 Å². The average molecular weight is 629 g/mol. The van der Waals surface area contributed by atoms with Crippen molar-refractivity contribution in [3.63, 3.8) is 0 Å². The van der Waals surface area contributed by atoms with E-state index in [9.17, 15) is 15.0 Å². The lowest BCUT2D eigenvalue weighted by atomic mass is 9.67. The largest absolute Gasteiger partial charge is 0.394 e. The summed E-state index contributed by atoms with van der Waals surface area (Å²) in [4.78, 5) is 34.0. The molecule has 4 N–H and O–H groups in total. The van der Waals surface area contributed by atoms with Crippen LogP contribution < -0.4 is 20.4 Å². The number of benzene rings is 2. The lowest BCUT2D eigenvalue weighted by Gasteiger charge is -2.48. The molecule has 0 radical (unpaired) electrons. The second-order valence-corrected chi connectivity index (χ2v) is 13.1. The third kappa shape index (κ3) is 6.14. The second kappa shape index (κ2) is 13.1. The van der Waals surface area contributed by atoms with E-state index in [2.05, 4.69) is 39.5 Å². The Balaban J connectivity index is 1.07. The number of ether oxygens (including phenoxy) is 1. The van der Waals surface area contributed by atoms with Crippen molar-refractivity contribution in [2.24, 2.45) is 0 Å². The molecule has 3 aromatic rings. The van der Waals surface area contributed by atoms with Crippen molar-refractivity contribution in [1.29, 1.82) is 0 Å². The molecule has 5 saturated heterocycles. The van der Waals surface area contributed by atoms with Gasteiger partial charge in [-0.1, -0.05) is 12.1 Å². The second-order valence-electron chi connectivity index (χ2n) is 13.1. The number of morpholine rings is 1. The van der Waals surface area contributed by atoms with Crippen molar-refractivity contribution in [3.05, 3.63) is 54.1 Å².